The monoisotopic (exact) mass is 627 g/mol. The third-order valence-corrected chi connectivity index (χ3v) is 6.95. The molecule has 202 valence electrons. The molecule has 3 rings (SSSR count). The van der Waals surface area contributed by atoms with Crippen molar-refractivity contribution in [3.63, 3.8) is 0 Å². The van der Waals surface area contributed by atoms with Crippen molar-refractivity contribution in [3.8, 4) is 5.75 Å². The lowest BCUT2D eigenvalue weighted by Crippen LogP contribution is -2.55. The molecule has 1 amide bonds. The fraction of sp³-hybridized carbons (Fsp3) is 0.519. The van der Waals surface area contributed by atoms with E-state index in [1.807, 2.05) is 34.6 Å². The van der Waals surface area contributed by atoms with E-state index in [2.05, 4.69) is 32.5 Å². The topological polar surface area (TPSA) is 81.2 Å². The third kappa shape index (κ3) is 7.53. The number of carbonyl (C=O) groups excluding carboxylic acids is 2. The van der Waals surface area contributed by atoms with Gasteiger partial charge in [0.25, 0.3) is 0 Å². The number of hydrogen-bond acceptors (Lipinski definition) is 7. The predicted octanol–water partition coefficient (Wildman–Crippen LogP) is 5.29. The van der Waals surface area contributed by atoms with Crippen LogP contribution in [0.2, 0.25) is 0 Å². The molecule has 0 aliphatic carbocycles. The van der Waals surface area contributed by atoms with Gasteiger partial charge in [-0.2, -0.15) is 4.39 Å². The van der Waals surface area contributed by atoms with Gasteiger partial charge in [-0.05, 0) is 87.9 Å². The second-order valence-corrected chi connectivity index (χ2v) is 11.5. The average Bonchev–Trinajstić information content (AvgIpc) is 2.80. The van der Waals surface area contributed by atoms with Crippen LogP contribution < -0.4 is 4.74 Å². The Labute approximate surface area is 231 Å². The first kappa shape index (κ1) is 29.1. The molecule has 0 saturated carbocycles. The Hall–Kier alpha value is -2.47. The van der Waals surface area contributed by atoms with Crippen molar-refractivity contribution in [2.24, 2.45) is 0 Å². The van der Waals surface area contributed by atoms with E-state index in [9.17, 15) is 14.0 Å². The minimum absolute atomic E-state index is 0.0753. The van der Waals surface area contributed by atoms with Gasteiger partial charge in [0.2, 0.25) is 5.95 Å². The van der Waals surface area contributed by atoms with Gasteiger partial charge in [0.05, 0.1) is 21.9 Å². The molecule has 2 aromatic rings. The van der Waals surface area contributed by atoms with Gasteiger partial charge < -0.3 is 19.1 Å². The molecular formula is C27H35FIN3O5. The molecule has 1 aliphatic heterocycles. The van der Waals surface area contributed by atoms with E-state index in [-0.39, 0.29) is 12.1 Å². The molecule has 1 fully saturated rings. The minimum Gasteiger partial charge on any atom is -0.482 e. The van der Waals surface area contributed by atoms with E-state index in [1.165, 1.54) is 7.11 Å². The molecule has 2 atom stereocenters. The molecule has 37 heavy (non-hydrogen) atoms. The van der Waals surface area contributed by atoms with Crippen LogP contribution in [0.5, 0.6) is 5.75 Å². The maximum atomic E-state index is 14.4. The minimum atomic E-state index is -0.577. The third-order valence-electron chi connectivity index (χ3n) is 6.10. The standard InChI is InChI=1S/C27H35FIN3O5/c1-16-8-9-21(30-24(16)28)23(36-22-12-17(2)19(13-20(22)29)25(33)35-7)15-31-10-11-32(18(3)14-31)26(34)37-27(4,5)6/h8-9,12-13,18,23H,10-11,14-15H2,1-7H3/t18-,23-/m1/s1. The smallest absolute Gasteiger partial charge is 0.410 e. The molecule has 1 aliphatic rings. The number of esters is 1. The SMILES string of the molecule is COC(=O)c1cc(I)c(O[C@H](CN2CCN(C(=O)OC(C)(C)C)[C@H](C)C2)c2ccc(C)c(F)n2)cc1C. The van der Waals surface area contributed by atoms with Crippen LogP contribution in [0, 0.1) is 23.4 Å². The number of aromatic nitrogens is 1. The van der Waals surface area contributed by atoms with Crippen LogP contribution in [0.15, 0.2) is 24.3 Å². The lowest BCUT2D eigenvalue weighted by molar-refractivity contribution is -0.00323. The highest BCUT2D eigenvalue weighted by atomic mass is 127. The normalized spacial score (nSPS) is 17.3. The molecule has 2 heterocycles. The fourth-order valence-electron chi connectivity index (χ4n) is 4.14. The van der Waals surface area contributed by atoms with Gasteiger partial charge in [-0.15, -0.1) is 0 Å². The summed E-state index contributed by atoms with van der Waals surface area (Å²) in [6.45, 7) is 13.2. The highest BCUT2D eigenvalue weighted by Crippen LogP contribution is 2.31. The number of aryl methyl sites for hydroxylation is 2. The Morgan fingerprint density at radius 3 is 2.49 bits per heavy atom. The van der Waals surface area contributed by atoms with Crippen LogP contribution in [-0.2, 0) is 9.47 Å². The van der Waals surface area contributed by atoms with Crippen molar-refractivity contribution >= 4 is 34.7 Å². The summed E-state index contributed by atoms with van der Waals surface area (Å²) < 4.78 is 32.0. The molecule has 0 bridgehead atoms. The van der Waals surface area contributed by atoms with Gasteiger partial charge in [-0.3, -0.25) is 4.90 Å². The summed E-state index contributed by atoms with van der Waals surface area (Å²) in [5.41, 5.74) is 1.53. The second kappa shape index (κ2) is 11.9. The first-order chi connectivity index (χ1) is 17.3. The predicted molar refractivity (Wildman–Crippen MR) is 146 cm³/mol. The van der Waals surface area contributed by atoms with Crippen LogP contribution in [0.1, 0.15) is 61.0 Å². The summed E-state index contributed by atoms with van der Waals surface area (Å²) in [4.78, 5) is 32.8. The number of pyridine rings is 1. The number of amides is 1. The van der Waals surface area contributed by atoms with Gasteiger partial charge in [0.1, 0.15) is 11.4 Å². The largest absolute Gasteiger partial charge is 0.482 e. The summed E-state index contributed by atoms with van der Waals surface area (Å²) in [5, 5.41) is 0. The number of piperazine rings is 1. The maximum absolute atomic E-state index is 14.4. The van der Waals surface area contributed by atoms with E-state index < -0.39 is 23.6 Å². The fourth-order valence-corrected chi connectivity index (χ4v) is 4.74. The molecule has 10 heteroatoms. The van der Waals surface area contributed by atoms with Crippen molar-refractivity contribution in [2.45, 2.75) is 59.3 Å². The average molecular weight is 627 g/mol. The quantitative estimate of drug-likeness (QED) is 0.245. The molecule has 1 aromatic carbocycles. The zero-order chi connectivity index (χ0) is 27.5. The van der Waals surface area contributed by atoms with Gasteiger partial charge >= 0.3 is 12.1 Å². The number of ether oxygens (including phenoxy) is 3. The van der Waals surface area contributed by atoms with Gasteiger partial charge in [0, 0.05) is 37.8 Å². The number of methoxy groups -OCH3 is 1. The number of nitrogens with zero attached hydrogens (tertiary/aromatic N) is 3. The zero-order valence-corrected chi connectivity index (χ0v) is 24.6. The first-order valence-electron chi connectivity index (χ1n) is 12.2. The summed E-state index contributed by atoms with van der Waals surface area (Å²) in [7, 11) is 1.34. The van der Waals surface area contributed by atoms with Crippen molar-refractivity contribution in [3.05, 3.63) is 56.2 Å². The van der Waals surface area contributed by atoms with Crippen molar-refractivity contribution in [1.29, 1.82) is 0 Å². The van der Waals surface area contributed by atoms with Crippen molar-refractivity contribution in [1.82, 2.24) is 14.8 Å². The Balaban J connectivity index is 1.83. The lowest BCUT2D eigenvalue weighted by atomic mass is 10.1. The molecular weight excluding hydrogens is 592 g/mol. The second-order valence-electron chi connectivity index (χ2n) is 10.3. The summed E-state index contributed by atoms with van der Waals surface area (Å²) in [6, 6.07) is 6.89. The van der Waals surface area contributed by atoms with Gasteiger partial charge in [-0.1, -0.05) is 6.07 Å². The molecule has 0 N–H and O–H groups in total. The van der Waals surface area contributed by atoms with Gasteiger partial charge in [0.15, 0.2) is 6.10 Å². The maximum Gasteiger partial charge on any atom is 0.410 e. The highest BCUT2D eigenvalue weighted by Gasteiger charge is 2.32. The molecule has 0 radical (unpaired) electrons. The molecule has 1 saturated heterocycles. The lowest BCUT2D eigenvalue weighted by Gasteiger charge is -2.41. The molecule has 1 aromatic heterocycles. The van der Waals surface area contributed by atoms with Crippen LogP contribution in [0.3, 0.4) is 0 Å². The summed E-state index contributed by atoms with van der Waals surface area (Å²) in [5.74, 6) is -0.391. The van der Waals surface area contributed by atoms with E-state index in [4.69, 9.17) is 14.2 Å². The van der Waals surface area contributed by atoms with E-state index in [1.54, 1.807) is 36.1 Å². The molecule has 0 unspecified atom stereocenters. The van der Waals surface area contributed by atoms with Gasteiger partial charge in [-0.25, -0.2) is 14.6 Å². The summed E-state index contributed by atoms with van der Waals surface area (Å²) >= 11 is 2.11. The van der Waals surface area contributed by atoms with Crippen LogP contribution in [0.4, 0.5) is 9.18 Å². The molecule has 0 spiro atoms. The number of benzene rings is 1. The first-order valence-corrected chi connectivity index (χ1v) is 13.3. The molecule has 8 nitrogen and oxygen atoms in total. The van der Waals surface area contributed by atoms with Crippen LogP contribution >= 0.6 is 22.6 Å². The number of rotatable bonds is 6. The van der Waals surface area contributed by atoms with Crippen LogP contribution in [0.25, 0.3) is 0 Å². The van der Waals surface area contributed by atoms with E-state index >= 15 is 0 Å². The Bertz CT molecular complexity index is 1150. The van der Waals surface area contributed by atoms with E-state index in [0.717, 1.165) is 3.57 Å². The highest BCUT2D eigenvalue weighted by molar-refractivity contribution is 14.1. The summed E-state index contributed by atoms with van der Waals surface area (Å²) in [6.07, 6.45) is -0.905. The number of hydrogen-bond donors (Lipinski definition) is 0. The Kier molecular flexibility index (Phi) is 9.38. The van der Waals surface area contributed by atoms with Crippen molar-refractivity contribution in [2.75, 3.05) is 33.3 Å². The number of carbonyl (C=O) groups is 2. The number of halogens is 2. The van der Waals surface area contributed by atoms with Crippen molar-refractivity contribution < 1.29 is 28.2 Å². The van der Waals surface area contributed by atoms with Crippen LogP contribution in [-0.4, -0.2) is 71.8 Å². The zero-order valence-electron chi connectivity index (χ0n) is 22.4. The Morgan fingerprint density at radius 1 is 1.19 bits per heavy atom. The van der Waals surface area contributed by atoms with E-state index in [0.29, 0.717) is 54.3 Å². The Morgan fingerprint density at radius 2 is 1.89 bits per heavy atom.